The van der Waals surface area contributed by atoms with E-state index in [1.165, 1.54) is 25.7 Å². The van der Waals surface area contributed by atoms with Crippen molar-refractivity contribution >= 4 is 28.6 Å². The number of methoxy groups -OCH3 is 1. The van der Waals surface area contributed by atoms with Gasteiger partial charge < -0.3 is 14.7 Å². The van der Waals surface area contributed by atoms with Crippen molar-refractivity contribution in [1.82, 2.24) is 9.88 Å². The summed E-state index contributed by atoms with van der Waals surface area (Å²) in [4.78, 5) is 18.7. The Labute approximate surface area is 206 Å². The Kier molecular flexibility index (Phi) is 9.06. The number of carboxylic acid groups (broad SMARTS) is 1. The Morgan fingerprint density at radius 1 is 1.29 bits per heavy atom. The van der Waals surface area contributed by atoms with Crippen LogP contribution in [-0.4, -0.2) is 58.7 Å². The topological polar surface area (TPSA) is 62.7 Å². The summed E-state index contributed by atoms with van der Waals surface area (Å²) in [6, 6.07) is 7.22. The number of piperidine rings is 1. The fourth-order valence-electron chi connectivity index (χ4n) is 5.55. The summed E-state index contributed by atoms with van der Waals surface area (Å²) in [5, 5.41) is 11.5. The maximum atomic E-state index is 15.4. The maximum absolute atomic E-state index is 15.4. The zero-order valence-corrected chi connectivity index (χ0v) is 20.9. The fourth-order valence-corrected chi connectivity index (χ4v) is 6.85. The van der Waals surface area contributed by atoms with Crippen molar-refractivity contribution in [1.29, 1.82) is 0 Å². The minimum Gasteiger partial charge on any atom is -0.497 e. The monoisotopic (exact) mass is 488 g/mol. The number of likely N-dealkylation sites (tertiary alicyclic amines) is 1. The standard InChI is InChI=1S/C27H37FN2O3S/c1-33-20-8-10-26-23(17-20)22(11-13-29-26)25(28)9-7-19-12-15-30(18-24(19)27(31)32)14-4-16-34-21-5-2-3-6-21/h8,10-11,13,17,19,21,24-25H,2-7,9,12,14-16,18H2,1H3,(H,31,32)/t19-,24+,25?/m1/s1. The SMILES string of the molecule is COc1ccc2nccc(C(F)CC[C@@H]3CCN(CCCSC4CCCC4)C[C@@H]3C(=O)O)c2c1. The van der Waals surface area contributed by atoms with Crippen LogP contribution in [0.3, 0.4) is 0 Å². The van der Waals surface area contributed by atoms with Crippen LogP contribution in [0, 0.1) is 11.8 Å². The molecule has 2 heterocycles. The summed E-state index contributed by atoms with van der Waals surface area (Å²) in [7, 11) is 1.59. The lowest BCUT2D eigenvalue weighted by Crippen LogP contribution is -2.44. The Morgan fingerprint density at radius 3 is 2.88 bits per heavy atom. The smallest absolute Gasteiger partial charge is 0.308 e. The van der Waals surface area contributed by atoms with Crippen LogP contribution in [0.1, 0.15) is 63.1 Å². The summed E-state index contributed by atoms with van der Waals surface area (Å²) < 4.78 is 20.7. The molecule has 1 saturated heterocycles. The van der Waals surface area contributed by atoms with Crippen LogP contribution in [0.15, 0.2) is 30.5 Å². The van der Waals surface area contributed by atoms with Gasteiger partial charge in [-0.25, -0.2) is 4.39 Å². The maximum Gasteiger partial charge on any atom is 0.308 e. The van der Waals surface area contributed by atoms with Gasteiger partial charge in [0.05, 0.1) is 18.5 Å². The van der Waals surface area contributed by atoms with Crippen LogP contribution in [0.5, 0.6) is 5.75 Å². The molecule has 0 amide bonds. The first-order valence-corrected chi connectivity index (χ1v) is 13.7. The summed E-state index contributed by atoms with van der Waals surface area (Å²) in [6.07, 6.45) is 8.78. The number of hydrogen-bond donors (Lipinski definition) is 1. The molecule has 1 aromatic heterocycles. The number of hydrogen-bond acceptors (Lipinski definition) is 5. The highest BCUT2D eigenvalue weighted by Gasteiger charge is 2.34. The van der Waals surface area contributed by atoms with Gasteiger partial charge in [0, 0.05) is 23.4 Å². The van der Waals surface area contributed by atoms with Crippen LogP contribution in [0.4, 0.5) is 4.39 Å². The lowest BCUT2D eigenvalue weighted by atomic mass is 9.81. The predicted octanol–water partition coefficient (Wildman–Crippen LogP) is 6.12. The number of thioether (sulfide) groups is 1. The van der Waals surface area contributed by atoms with E-state index < -0.39 is 18.1 Å². The van der Waals surface area contributed by atoms with Gasteiger partial charge >= 0.3 is 5.97 Å². The highest BCUT2D eigenvalue weighted by Crippen LogP contribution is 2.36. The molecule has 186 valence electrons. The first kappa shape index (κ1) is 25.2. The number of carboxylic acids is 1. The largest absolute Gasteiger partial charge is 0.497 e. The molecule has 0 bridgehead atoms. The quantitative estimate of drug-likeness (QED) is 0.384. The van der Waals surface area contributed by atoms with Gasteiger partial charge in [0.2, 0.25) is 0 Å². The zero-order valence-electron chi connectivity index (χ0n) is 20.1. The van der Waals surface area contributed by atoms with E-state index in [9.17, 15) is 9.90 Å². The number of fused-ring (bicyclic) bond motifs is 1. The number of pyridine rings is 1. The minimum absolute atomic E-state index is 0.0162. The van der Waals surface area contributed by atoms with E-state index in [1.54, 1.807) is 19.4 Å². The van der Waals surface area contributed by atoms with Gasteiger partial charge in [-0.15, -0.1) is 0 Å². The van der Waals surface area contributed by atoms with Gasteiger partial charge in [-0.05, 0) is 93.1 Å². The van der Waals surface area contributed by atoms with Crippen LogP contribution in [0.2, 0.25) is 0 Å². The Hall–Kier alpha value is -1.86. The lowest BCUT2D eigenvalue weighted by Gasteiger charge is -2.37. The van der Waals surface area contributed by atoms with Gasteiger partial charge in [-0.2, -0.15) is 11.8 Å². The van der Waals surface area contributed by atoms with Crippen molar-refractivity contribution < 1.29 is 19.0 Å². The first-order valence-electron chi connectivity index (χ1n) is 12.7. The second-order valence-corrected chi connectivity index (χ2v) is 11.2. The van der Waals surface area contributed by atoms with E-state index in [0.29, 0.717) is 30.7 Å². The van der Waals surface area contributed by atoms with E-state index >= 15 is 4.39 Å². The third-order valence-electron chi connectivity index (χ3n) is 7.54. The Balaban J connectivity index is 1.29. The molecule has 1 aromatic carbocycles. The normalized spacial score (nSPS) is 22.8. The Bertz CT molecular complexity index is 953. The third kappa shape index (κ3) is 6.42. The molecule has 1 N–H and O–H groups in total. The number of ether oxygens (including phenoxy) is 1. The summed E-state index contributed by atoms with van der Waals surface area (Å²) in [5.74, 6) is 0.690. The third-order valence-corrected chi connectivity index (χ3v) is 9.01. The molecule has 34 heavy (non-hydrogen) atoms. The first-order chi connectivity index (χ1) is 16.5. The molecular formula is C27H37FN2O3S. The van der Waals surface area contributed by atoms with Crippen LogP contribution < -0.4 is 4.74 Å². The molecule has 0 spiro atoms. The summed E-state index contributed by atoms with van der Waals surface area (Å²) in [6.45, 7) is 2.46. The summed E-state index contributed by atoms with van der Waals surface area (Å²) in [5.41, 5.74) is 1.34. The van der Waals surface area contributed by atoms with E-state index in [2.05, 4.69) is 21.6 Å². The molecular weight excluding hydrogens is 451 g/mol. The van der Waals surface area contributed by atoms with Crippen LogP contribution in [0.25, 0.3) is 10.9 Å². The van der Waals surface area contributed by atoms with E-state index in [-0.39, 0.29) is 5.92 Å². The molecule has 0 radical (unpaired) electrons. The number of rotatable bonds is 11. The van der Waals surface area contributed by atoms with Crippen molar-refractivity contribution in [3.63, 3.8) is 0 Å². The van der Waals surface area contributed by atoms with Gasteiger partial charge in [-0.1, -0.05) is 12.8 Å². The highest BCUT2D eigenvalue weighted by atomic mass is 32.2. The number of halogens is 1. The summed E-state index contributed by atoms with van der Waals surface area (Å²) >= 11 is 2.10. The van der Waals surface area contributed by atoms with Crippen molar-refractivity contribution in [3.05, 3.63) is 36.0 Å². The predicted molar refractivity (Wildman–Crippen MR) is 136 cm³/mol. The van der Waals surface area contributed by atoms with Gasteiger partial charge in [-0.3, -0.25) is 9.78 Å². The van der Waals surface area contributed by atoms with Crippen LogP contribution in [-0.2, 0) is 4.79 Å². The highest BCUT2D eigenvalue weighted by molar-refractivity contribution is 7.99. The number of nitrogens with zero attached hydrogens (tertiary/aromatic N) is 2. The van der Waals surface area contributed by atoms with Crippen LogP contribution >= 0.6 is 11.8 Å². The lowest BCUT2D eigenvalue weighted by molar-refractivity contribution is -0.146. The molecule has 1 saturated carbocycles. The number of aromatic nitrogens is 1. The molecule has 4 rings (SSSR count). The molecule has 1 unspecified atom stereocenters. The van der Waals surface area contributed by atoms with E-state index in [0.717, 1.165) is 47.8 Å². The minimum atomic E-state index is -1.15. The van der Waals surface area contributed by atoms with Crippen molar-refractivity contribution in [3.8, 4) is 5.75 Å². The second-order valence-electron chi connectivity index (χ2n) is 9.75. The fraction of sp³-hybridized carbons (Fsp3) is 0.630. The van der Waals surface area contributed by atoms with Crippen molar-refractivity contribution in [2.24, 2.45) is 11.8 Å². The number of carbonyl (C=O) groups is 1. The Morgan fingerprint density at radius 2 is 2.12 bits per heavy atom. The second kappa shape index (κ2) is 12.2. The number of alkyl halides is 1. The number of aliphatic carboxylic acids is 1. The molecule has 2 aromatic rings. The average Bonchev–Trinajstić information content (AvgIpc) is 3.38. The molecule has 2 aliphatic rings. The molecule has 2 fully saturated rings. The molecule has 3 atom stereocenters. The molecule has 1 aliphatic heterocycles. The average molecular weight is 489 g/mol. The van der Waals surface area contributed by atoms with Crippen molar-refractivity contribution in [2.75, 3.05) is 32.5 Å². The molecule has 7 heteroatoms. The van der Waals surface area contributed by atoms with Gasteiger partial charge in [0.15, 0.2) is 0 Å². The van der Waals surface area contributed by atoms with E-state index in [1.807, 2.05) is 18.2 Å². The molecule has 5 nitrogen and oxygen atoms in total. The molecule has 1 aliphatic carbocycles. The number of benzene rings is 1. The van der Waals surface area contributed by atoms with E-state index in [4.69, 9.17) is 4.74 Å². The zero-order chi connectivity index (χ0) is 23.9. The van der Waals surface area contributed by atoms with Gasteiger partial charge in [0.25, 0.3) is 0 Å². The van der Waals surface area contributed by atoms with Gasteiger partial charge in [0.1, 0.15) is 11.9 Å². The van der Waals surface area contributed by atoms with Crippen molar-refractivity contribution in [2.45, 2.75) is 62.8 Å².